The van der Waals surface area contributed by atoms with Gasteiger partial charge in [0.25, 0.3) is 0 Å². The minimum atomic E-state index is -0.522. The molecule has 0 spiro atoms. The first-order valence-electron chi connectivity index (χ1n) is 5.40. The molecule has 1 rings (SSSR count). The SMILES string of the molecule is C[C@H](O)c1cccc(NC(=O)C(C)(C)C)c1. The molecular weight excluding hydrogens is 202 g/mol. The average molecular weight is 221 g/mol. The molecule has 0 saturated heterocycles. The molecule has 2 N–H and O–H groups in total. The summed E-state index contributed by atoms with van der Waals surface area (Å²) in [5.41, 5.74) is 1.10. The van der Waals surface area contributed by atoms with Crippen LogP contribution >= 0.6 is 0 Å². The number of anilines is 1. The van der Waals surface area contributed by atoms with Gasteiger partial charge in [0, 0.05) is 11.1 Å². The molecule has 1 aromatic carbocycles. The van der Waals surface area contributed by atoms with Crippen LogP contribution in [0, 0.1) is 5.41 Å². The highest BCUT2D eigenvalue weighted by Crippen LogP contribution is 2.20. The number of amides is 1. The van der Waals surface area contributed by atoms with Gasteiger partial charge in [0.2, 0.25) is 5.91 Å². The van der Waals surface area contributed by atoms with E-state index in [4.69, 9.17) is 0 Å². The number of hydrogen-bond donors (Lipinski definition) is 2. The lowest BCUT2D eigenvalue weighted by molar-refractivity contribution is -0.123. The van der Waals surface area contributed by atoms with Gasteiger partial charge in [-0.3, -0.25) is 4.79 Å². The van der Waals surface area contributed by atoms with Gasteiger partial charge in [-0.2, -0.15) is 0 Å². The van der Waals surface area contributed by atoms with Crippen molar-refractivity contribution < 1.29 is 9.90 Å². The van der Waals surface area contributed by atoms with Gasteiger partial charge in [-0.15, -0.1) is 0 Å². The Labute approximate surface area is 96.5 Å². The van der Waals surface area contributed by atoms with Gasteiger partial charge in [-0.05, 0) is 24.6 Å². The van der Waals surface area contributed by atoms with Gasteiger partial charge in [0.1, 0.15) is 0 Å². The Morgan fingerprint density at radius 3 is 2.50 bits per heavy atom. The molecule has 0 saturated carbocycles. The quantitative estimate of drug-likeness (QED) is 0.806. The summed E-state index contributed by atoms with van der Waals surface area (Å²) in [6.07, 6.45) is -0.522. The largest absolute Gasteiger partial charge is 0.389 e. The normalized spacial score (nSPS) is 13.3. The number of hydrogen-bond acceptors (Lipinski definition) is 2. The number of rotatable bonds is 2. The Morgan fingerprint density at radius 1 is 1.38 bits per heavy atom. The van der Waals surface area contributed by atoms with E-state index in [2.05, 4.69) is 5.32 Å². The minimum absolute atomic E-state index is 0.0322. The number of aliphatic hydroxyl groups is 1. The van der Waals surface area contributed by atoms with Gasteiger partial charge in [-0.1, -0.05) is 32.9 Å². The molecule has 0 aliphatic carbocycles. The molecule has 0 heterocycles. The van der Waals surface area contributed by atoms with E-state index in [1.807, 2.05) is 39.0 Å². The maximum absolute atomic E-state index is 11.7. The maximum Gasteiger partial charge on any atom is 0.229 e. The zero-order chi connectivity index (χ0) is 12.3. The van der Waals surface area contributed by atoms with Crippen LogP contribution in [0.4, 0.5) is 5.69 Å². The molecule has 0 radical (unpaired) electrons. The number of aliphatic hydroxyl groups excluding tert-OH is 1. The molecule has 0 aromatic heterocycles. The molecule has 0 aliphatic heterocycles. The van der Waals surface area contributed by atoms with Crippen molar-refractivity contribution >= 4 is 11.6 Å². The molecule has 0 fully saturated rings. The smallest absolute Gasteiger partial charge is 0.229 e. The van der Waals surface area contributed by atoms with Gasteiger partial charge >= 0.3 is 0 Å². The van der Waals surface area contributed by atoms with Gasteiger partial charge in [0.05, 0.1) is 6.10 Å². The second-order valence-corrected chi connectivity index (χ2v) is 5.01. The summed E-state index contributed by atoms with van der Waals surface area (Å²) < 4.78 is 0. The average Bonchev–Trinajstić information content (AvgIpc) is 2.16. The topological polar surface area (TPSA) is 49.3 Å². The highest BCUT2D eigenvalue weighted by atomic mass is 16.3. The number of benzene rings is 1. The Kier molecular flexibility index (Phi) is 3.70. The van der Waals surface area contributed by atoms with Crippen LogP contribution in [0.3, 0.4) is 0 Å². The second-order valence-electron chi connectivity index (χ2n) is 5.01. The molecule has 1 amide bonds. The summed E-state index contributed by atoms with van der Waals surface area (Å²) in [5, 5.41) is 12.3. The van der Waals surface area contributed by atoms with Crippen LogP contribution in [0.2, 0.25) is 0 Å². The Morgan fingerprint density at radius 2 is 2.00 bits per heavy atom. The lowest BCUT2D eigenvalue weighted by Gasteiger charge is -2.18. The Hall–Kier alpha value is -1.35. The predicted octanol–water partition coefficient (Wildman–Crippen LogP) is 2.72. The van der Waals surface area contributed by atoms with E-state index in [0.29, 0.717) is 0 Å². The monoisotopic (exact) mass is 221 g/mol. The van der Waals surface area contributed by atoms with Crippen molar-refractivity contribution in [3.8, 4) is 0 Å². The summed E-state index contributed by atoms with van der Waals surface area (Å²) in [6, 6.07) is 7.25. The predicted molar refractivity (Wildman–Crippen MR) is 65.2 cm³/mol. The third kappa shape index (κ3) is 3.35. The molecule has 0 bridgehead atoms. The highest BCUT2D eigenvalue weighted by molar-refractivity contribution is 5.94. The number of nitrogens with one attached hydrogen (secondary N) is 1. The van der Waals surface area contributed by atoms with Crippen molar-refractivity contribution in [3.63, 3.8) is 0 Å². The molecule has 1 aromatic rings. The fraction of sp³-hybridized carbons (Fsp3) is 0.462. The molecule has 1 atom stereocenters. The Balaban J connectivity index is 2.83. The molecule has 3 nitrogen and oxygen atoms in total. The summed E-state index contributed by atoms with van der Waals surface area (Å²) in [4.78, 5) is 11.7. The van der Waals surface area contributed by atoms with Crippen LogP contribution in [-0.2, 0) is 4.79 Å². The molecule has 0 unspecified atom stereocenters. The van der Waals surface area contributed by atoms with E-state index in [1.165, 1.54) is 0 Å². The zero-order valence-electron chi connectivity index (χ0n) is 10.2. The molecule has 3 heteroatoms. The summed E-state index contributed by atoms with van der Waals surface area (Å²) in [5.74, 6) is -0.0322. The van der Waals surface area contributed by atoms with Crippen molar-refractivity contribution in [2.75, 3.05) is 5.32 Å². The van der Waals surface area contributed by atoms with Crippen LogP contribution in [0.1, 0.15) is 39.4 Å². The third-order valence-electron chi connectivity index (χ3n) is 2.31. The van der Waals surface area contributed by atoms with Crippen LogP contribution in [-0.4, -0.2) is 11.0 Å². The lowest BCUT2D eigenvalue weighted by atomic mass is 9.95. The van der Waals surface area contributed by atoms with Gasteiger partial charge in [0.15, 0.2) is 0 Å². The van der Waals surface area contributed by atoms with E-state index in [1.54, 1.807) is 13.0 Å². The number of carbonyl (C=O) groups is 1. The van der Waals surface area contributed by atoms with Crippen LogP contribution in [0.15, 0.2) is 24.3 Å². The van der Waals surface area contributed by atoms with Gasteiger partial charge in [-0.25, -0.2) is 0 Å². The van der Waals surface area contributed by atoms with E-state index in [0.717, 1.165) is 11.3 Å². The summed E-state index contributed by atoms with van der Waals surface area (Å²) >= 11 is 0. The fourth-order valence-electron chi connectivity index (χ4n) is 1.19. The van der Waals surface area contributed by atoms with Crippen molar-refractivity contribution in [1.29, 1.82) is 0 Å². The van der Waals surface area contributed by atoms with E-state index in [-0.39, 0.29) is 5.91 Å². The lowest BCUT2D eigenvalue weighted by Crippen LogP contribution is -2.27. The first kappa shape index (κ1) is 12.7. The van der Waals surface area contributed by atoms with Crippen LogP contribution < -0.4 is 5.32 Å². The standard InChI is InChI=1S/C13H19NO2/c1-9(15)10-6-5-7-11(8-10)14-12(16)13(2,3)4/h5-9,15H,1-4H3,(H,14,16)/t9-/m0/s1. The maximum atomic E-state index is 11.7. The molecule has 0 aliphatic rings. The molecule has 88 valence electrons. The third-order valence-corrected chi connectivity index (χ3v) is 2.31. The minimum Gasteiger partial charge on any atom is -0.389 e. The first-order valence-corrected chi connectivity index (χ1v) is 5.40. The van der Waals surface area contributed by atoms with Crippen molar-refractivity contribution in [2.45, 2.75) is 33.8 Å². The fourth-order valence-corrected chi connectivity index (χ4v) is 1.19. The van der Waals surface area contributed by atoms with E-state index >= 15 is 0 Å². The van der Waals surface area contributed by atoms with Crippen molar-refractivity contribution in [1.82, 2.24) is 0 Å². The van der Waals surface area contributed by atoms with Crippen molar-refractivity contribution in [2.24, 2.45) is 5.41 Å². The second kappa shape index (κ2) is 4.66. The van der Waals surface area contributed by atoms with Crippen LogP contribution in [0.25, 0.3) is 0 Å². The summed E-state index contributed by atoms with van der Waals surface area (Å²) in [6.45, 7) is 7.28. The van der Waals surface area contributed by atoms with E-state index in [9.17, 15) is 9.90 Å². The van der Waals surface area contributed by atoms with Crippen molar-refractivity contribution in [3.05, 3.63) is 29.8 Å². The van der Waals surface area contributed by atoms with Crippen LogP contribution in [0.5, 0.6) is 0 Å². The molecular formula is C13H19NO2. The number of carbonyl (C=O) groups excluding carboxylic acids is 1. The summed E-state index contributed by atoms with van der Waals surface area (Å²) in [7, 11) is 0. The molecule has 16 heavy (non-hydrogen) atoms. The highest BCUT2D eigenvalue weighted by Gasteiger charge is 2.21. The Bertz CT molecular complexity index is 378. The first-order chi connectivity index (χ1) is 7.30. The van der Waals surface area contributed by atoms with E-state index < -0.39 is 11.5 Å². The van der Waals surface area contributed by atoms with Gasteiger partial charge < -0.3 is 10.4 Å². The zero-order valence-corrected chi connectivity index (χ0v) is 10.2.